The normalized spacial score (nSPS) is 27.0. The number of rotatable bonds is 4. The van der Waals surface area contributed by atoms with Crippen molar-refractivity contribution in [3.8, 4) is 0 Å². The first-order valence-corrected chi connectivity index (χ1v) is 8.55. The molecule has 3 rings (SSSR count). The molecule has 0 aromatic carbocycles. The molecule has 1 aromatic heterocycles. The van der Waals surface area contributed by atoms with Gasteiger partial charge in [0.15, 0.2) is 0 Å². The predicted octanol–water partition coefficient (Wildman–Crippen LogP) is 3.09. The van der Waals surface area contributed by atoms with Gasteiger partial charge in [0.25, 0.3) is 5.91 Å². The molecule has 2 aliphatic carbocycles. The van der Waals surface area contributed by atoms with Crippen molar-refractivity contribution in [1.82, 2.24) is 0 Å². The van der Waals surface area contributed by atoms with E-state index >= 15 is 0 Å². The van der Waals surface area contributed by atoms with Crippen LogP contribution in [0.2, 0.25) is 0 Å². The van der Waals surface area contributed by atoms with Gasteiger partial charge in [0.2, 0.25) is 5.91 Å². The molecule has 3 atom stereocenters. The summed E-state index contributed by atoms with van der Waals surface area (Å²) < 4.78 is 0. The van der Waals surface area contributed by atoms with Crippen molar-refractivity contribution in [3.05, 3.63) is 16.0 Å². The molecular weight excluding hydrogens is 284 g/mol. The van der Waals surface area contributed by atoms with E-state index in [1.807, 2.05) is 13.8 Å². The highest BCUT2D eigenvalue weighted by Gasteiger charge is 2.43. The van der Waals surface area contributed by atoms with Crippen LogP contribution in [-0.2, 0) is 11.2 Å². The van der Waals surface area contributed by atoms with Crippen LogP contribution in [0.5, 0.6) is 0 Å². The van der Waals surface area contributed by atoms with Crippen molar-refractivity contribution in [2.24, 2.45) is 23.5 Å². The Balaban J connectivity index is 1.81. The van der Waals surface area contributed by atoms with Gasteiger partial charge >= 0.3 is 0 Å². The quantitative estimate of drug-likeness (QED) is 0.897. The summed E-state index contributed by atoms with van der Waals surface area (Å²) in [7, 11) is 0. The third-order valence-electron chi connectivity index (χ3n) is 5.12. The highest BCUT2D eigenvalue weighted by molar-refractivity contribution is 7.16. The minimum absolute atomic E-state index is 0.0774. The van der Waals surface area contributed by atoms with Crippen LogP contribution in [0.15, 0.2) is 0 Å². The second-order valence-corrected chi connectivity index (χ2v) is 7.55. The Morgan fingerprint density at radius 2 is 2.10 bits per heavy atom. The summed E-state index contributed by atoms with van der Waals surface area (Å²) in [5, 5.41) is 3.64. The van der Waals surface area contributed by atoms with Crippen LogP contribution >= 0.6 is 11.3 Å². The lowest BCUT2D eigenvalue weighted by molar-refractivity contribution is -0.121. The van der Waals surface area contributed by atoms with Gasteiger partial charge in [0.05, 0.1) is 5.56 Å². The zero-order valence-electron chi connectivity index (χ0n) is 12.6. The van der Waals surface area contributed by atoms with Crippen LogP contribution in [0.1, 0.15) is 53.4 Å². The topological polar surface area (TPSA) is 72.2 Å². The van der Waals surface area contributed by atoms with Crippen molar-refractivity contribution in [2.45, 2.75) is 46.0 Å². The molecule has 0 aliphatic heterocycles. The number of primary amides is 1. The van der Waals surface area contributed by atoms with E-state index in [1.54, 1.807) is 0 Å². The maximum absolute atomic E-state index is 12.5. The van der Waals surface area contributed by atoms with Crippen molar-refractivity contribution >= 4 is 28.2 Å². The molecule has 2 aliphatic rings. The molecule has 2 saturated carbocycles. The van der Waals surface area contributed by atoms with E-state index in [0.717, 1.165) is 29.2 Å². The Morgan fingerprint density at radius 1 is 1.33 bits per heavy atom. The first-order valence-electron chi connectivity index (χ1n) is 7.74. The zero-order chi connectivity index (χ0) is 15.1. The lowest BCUT2D eigenvalue weighted by Gasteiger charge is -2.20. The average Bonchev–Trinajstić information content (AvgIpc) is 3.11. The van der Waals surface area contributed by atoms with Crippen molar-refractivity contribution in [2.75, 3.05) is 5.32 Å². The Bertz CT molecular complexity index is 593. The lowest BCUT2D eigenvalue weighted by atomic mass is 9.88. The molecule has 0 saturated heterocycles. The molecule has 2 fully saturated rings. The Hall–Kier alpha value is -1.36. The molecule has 1 heterocycles. The van der Waals surface area contributed by atoms with E-state index in [1.165, 1.54) is 30.6 Å². The fourth-order valence-electron chi connectivity index (χ4n) is 4.12. The molecule has 1 aromatic rings. The van der Waals surface area contributed by atoms with E-state index in [-0.39, 0.29) is 11.8 Å². The fourth-order valence-corrected chi connectivity index (χ4v) is 5.28. The Kier molecular flexibility index (Phi) is 3.78. The Labute approximate surface area is 129 Å². The van der Waals surface area contributed by atoms with E-state index in [2.05, 4.69) is 5.32 Å². The summed E-state index contributed by atoms with van der Waals surface area (Å²) in [6.45, 7) is 3.98. The molecule has 0 spiro atoms. The summed E-state index contributed by atoms with van der Waals surface area (Å²) in [6, 6.07) is 0. The Morgan fingerprint density at radius 3 is 2.62 bits per heavy atom. The molecule has 3 N–H and O–H groups in total. The summed E-state index contributed by atoms with van der Waals surface area (Å²) >= 11 is 1.47. The minimum atomic E-state index is -0.445. The van der Waals surface area contributed by atoms with Crippen LogP contribution in [0.3, 0.4) is 0 Å². The van der Waals surface area contributed by atoms with Gasteiger partial charge in [0, 0.05) is 10.8 Å². The lowest BCUT2D eigenvalue weighted by Crippen LogP contribution is -2.28. The number of aryl methyl sites for hydroxylation is 1. The number of amides is 2. The fraction of sp³-hybridized carbons (Fsp3) is 0.625. The number of carbonyl (C=O) groups is 2. The molecule has 21 heavy (non-hydrogen) atoms. The SMILES string of the molecule is CCc1c(C)sc(NC(=O)[C@H]2C[C@H]3CC[C@@H]2C3)c1C(N)=O. The predicted molar refractivity (Wildman–Crippen MR) is 84.5 cm³/mol. The highest BCUT2D eigenvalue weighted by atomic mass is 32.1. The zero-order valence-corrected chi connectivity index (χ0v) is 13.4. The number of anilines is 1. The van der Waals surface area contributed by atoms with E-state index in [9.17, 15) is 9.59 Å². The van der Waals surface area contributed by atoms with Gasteiger partial charge < -0.3 is 11.1 Å². The minimum Gasteiger partial charge on any atom is -0.365 e. The number of nitrogens with one attached hydrogen (secondary N) is 1. The molecule has 4 nitrogen and oxygen atoms in total. The van der Waals surface area contributed by atoms with Crippen LogP contribution in [0.25, 0.3) is 0 Å². The van der Waals surface area contributed by atoms with Gasteiger partial charge in [-0.3, -0.25) is 9.59 Å². The van der Waals surface area contributed by atoms with Crippen molar-refractivity contribution in [1.29, 1.82) is 0 Å². The number of hydrogen-bond acceptors (Lipinski definition) is 3. The van der Waals surface area contributed by atoms with Crippen LogP contribution in [-0.4, -0.2) is 11.8 Å². The molecule has 0 unspecified atom stereocenters. The average molecular weight is 306 g/mol. The van der Waals surface area contributed by atoms with Gasteiger partial charge in [0.1, 0.15) is 5.00 Å². The number of carbonyl (C=O) groups excluding carboxylic acids is 2. The van der Waals surface area contributed by atoms with Gasteiger partial charge in [-0.1, -0.05) is 13.3 Å². The van der Waals surface area contributed by atoms with Crippen LogP contribution in [0, 0.1) is 24.7 Å². The molecular formula is C16H22N2O2S. The molecule has 2 amide bonds. The van der Waals surface area contributed by atoms with Crippen LogP contribution in [0.4, 0.5) is 5.00 Å². The number of thiophene rings is 1. The highest BCUT2D eigenvalue weighted by Crippen LogP contribution is 2.48. The molecule has 5 heteroatoms. The summed E-state index contributed by atoms with van der Waals surface area (Å²) in [5.74, 6) is 1.03. The van der Waals surface area contributed by atoms with Gasteiger partial charge in [-0.25, -0.2) is 0 Å². The monoisotopic (exact) mass is 306 g/mol. The first-order chi connectivity index (χ1) is 10.0. The standard InChI is InChI=1S/C16H22N2O2S/c1-3-11-8(2)21-16(13(11)14(17)19)18-15(20)12-7-9-4-5-10(12)6-9/h9-10,12H,3-7H2,1-2H3,(H2,17,19)(H,18,20)/t9-,10+,12-/m0/s1. The van der Waals surface area contributed by atoms with Crippen LogP contribution < -0.4 is 11.1 Å². The first kappa shape index (κ1) is 14.6. The van der Waals surface area contributed by atoms with Gasteiger partial charge in [-0.05, 0) is 50.0 Å². The van der Waals surface area contributed by atoms with Gasteiger partial charge in [-0.2, -0.15) is 0 Å². The van der Waals surface area contributed by atoms with E-state index in [0.29, 0.717) is 16.5 Å². The molecule has 114 valence electrons. The summed E-state index contributed by atoms with van der Waals surface area (Å²) in [6.07, 6.45) is 5.41. The molecule has 0 radical (unpaired) electrons. The smallest absolute Gasteiger partial charge is 0.251 e. The van der Waals surface area contributed by atoms with Gasteiger partial charge in [-0.15, -0.1) is 11.3 Å². The van der Waals surface area contributed by atoms with Crippen molar-refractivity contribution in [3.63, 3.8) is 0 Å². The summed E-state index contributed by atoms with van der Waals surface area (Å²) in [5.41, 5.74) is 6.99. The second kappa shape index (κ2) is 5.44. The van der Waals surface area contributed by atoms with E-state index in [4.69, 9.17) is 5.73 Å². The second-order valence-electron chi connectivity index (χ2n) is 6.33. The summed E-state index contributed by atoms with van der Waals surface area (Å²) in [4.78, 5) is 25.3. The maximum atomic E-state index is 12.5. The number of fused-ring (bicyclic) bond motifs is 2. The van der Waals surface area contributed by atoms with E-state index < -0.39 is 5.91 Å². The number of hydrogen-bond donors (Lipinski definition) is 2. The third kappa shape index (κ3) is 2.48. The third-order valence-corrected chi connectivity index (χ3v) is 6.18. The van der Waals surface area contributed by atoms with Crippen molar-refractivity contribution < 1.29 is 9.59 Å². The maximum Gasteiger partial charge on any atom is 0.251 e. The molecule has 2 bridgehead atoms. The largest absolute Gasteiger partial charge is 0.365 e. The number of nitrogens with two attached hydrogens (primary N) is 1.